The third kappa shape index (κ3) is 4.82. The van der Waals surface area contributed by atoms with Crippen LogP contribution in [0.2, 0.25) is 0 Å². The smallest absolute Gasteiger partial charge is 0.233 e. The highest BCUT2D eigenvalue weighted by Gasteiger charge is 2.32. The van der Waals surface area contributed by atoms with Gasteiger partial charge in [-0.2, -0.15) is 0 Å². The normalized spacial score (nSPS) is 18.9. The van der Waals surface area contributed by atoms with Gasteiger partial charge in [0.25, 0.3) is 0 Å². The van der Waals surface area contributed by atoms with Crippen LogP contribution in [0, 0.1) is 0 Å². The molecule has 29 heavy (non-hydrogen) atoms. The van der Waals surface area contributed by atoms with E-state index in [1.54, 1.807) is 11.8 Å². The molecule has 0 spiro atoms. The minimum absolute atomic E-state index is 0.337. The molecule has 2 aromatic rings. The Morgan fingerprint density at radius 2 is 1.66 bits per heavy atom. The lowest BCUT2D eigenvalue weighted by Crippen LogP contribution is -2.49. The summed E-state index contributed by atoms with van der Waals surface area (Å²) in [5, 5.41) is 0.994. The lowest BCUT2D eigenvalue weighted by atomic mass is 9.88. The Labute approximate surface area is 179 Å². The molecule has 0 radical (unpaired) electrons. The van der Waals surface area contributed by atoms with Crippen LogP contribution in [0.3, 0.4) is 0 Å². The number of aromatic nitrogens is 2. The molecular formula is C24H35N3OS. The summed E-state index contributed by atoms with van der Waals surface area (Å²) in [6.07, 6.45) is 13.6. The number of rotatable bonds is 7. The highest BCUT2D eigenvalue weighted by Crippen LogP contribution is 2.32. The fraction of sp³-hybridized carbons (Fsp3) is 0.667. The second-order valence-corrected chi connectivity index (χ2v) is 9.65. The second-order valence-electron chi connectivity index (χ2n) is 8.71. The molecule has 2 aliphatic rings. The van der Waals surface area contributed by atoms with Crippen LogP contribution >= 0.6 is 11.8 Å². The van der Waals surface area contributed by atoms with Gasteiger partial charge in [-0.3, -0.25) is 4.79 Å². The molecule has 0 bridgehead atoms. The van der Waals surface area contributed by atoms with Gasteiger partial charge in [-0.1, -0.05) is 69.3 Å². The molecule has 1 aromatic carbocycles. The lowest BCUT2D eigenvalue weighted by Gasteiger charge is -2.41. The summed E-state index contributed by atoms with van der Waals surface area (Å²) < 4.78 is 2.29. The van der Waals surface area contributed by atoms with Crippen molar-refractivity contribution in [2.45, 2.75) is 101 Å². The molecule has 2 aliphatic carbocycles. The van der Waals surface area contributed by atoms with Gasteiger partial charge in [0.05, 0.1) is 16.8 Å². The average Bonchev–Trinajstić information content (AvgIpc) is 3.12. The molecule has 0 N–H and O–H groups in total. The second kappa shape index (κ2) is 10.0. The number of fused-ring (bicyclic) bond motifs is 1. The van der Waals surface area contributed by atoms with Gasteiger partial charge in [0, 0.05) is 18.6 Å². The molecule has 5 heteroatoms. The number of hydrogen-bond acceptors (Lipinski definition) is 3. The molecule has 2 fully saturated rings. The molecule has 1 amide bonds. The minimum atomic E-state index is 0.337. The van der Waals surface area contributed by atoms with Crippen molar-refractivity contribution in [2.75, 3.05) is 5.75 Å². The van der Waals surface area contributed by atoms with Crippen LogP contribution in [-0.2, 0) is 11.3 Å². The van der Waals surface area contributed by atoms with E-state index in [9.17, 15) is 4.79 Å². The third-order valence-corrected chi connectivity index (χ3v) is 7.58. The summed E-state index contributed by atoms with van der Waals surface area (Å²) in [7, 11) is 0. The van der Waals surface area contributed by atoms with Crippen LogP contribution in [0.4, 0.5) is 0 Å². The zero-order chi connectivity index (χ0) is 20.1. The first kappa shape index (κ1) is 20.8. The third-order valence-electron chi connectivity index (χ3n) is 6.62. The van der Waals surface area contributed by atoms with E-state index >= 15 is 0 Å². The molecule has 0 unspecified atom stereocenters. The van der Waals surface area contributed by atoms with E-state index in [0.29, 0.717) is 23.7 Å². The first-order valence-corrected chi connectivity index (χ1v) is 12.7. The van der Waals surface area contributed by atoms with Crippen LogP contribution in [-0.4, -0.2) is 38.2 Å². The van der Waals surface area contributed by atoms with Crippen molar-refractivity contribution in [3.05, 3.63) is 24.3 Å². The van der Waals surface area contributed by atoms with E-state index in [1.165, 1.54) is 69.7 Å². The number of imidazole rings is 1. The number of carbonyl (C=O) groups is 1. The Balaban J connectivity index is 1.50. The Morgan fingerprint density at radius 1 is 1.03 bits per heavy atom. The zero-order valence-electron chi connectivity index (χ0n) is 17.8. The first-order chi connectivity index (χ1) is 14.3. The standard InChI is InChI=1S/C24H35N3OS/c1-2-17-26-22-16-10-9-15-21(22)25-24(26)29-18-23(28)27(19-11-5-3-6-12-19)20-13-7-4-8-14-20/h9-10,15-16,19-20H,2-8,11-14,17-18H2,1H3. The fourth-order valence-corrected chi connectivity index (χ4v) is 6.14. The Morgan fingerprint density at radius 3 is 2.28 bits per heavy atom. The van der Waals surface area contributed by atoms with E-state index in [-0.39, 0.29) is 0 Å². The number of amides is 1. The maximum absolute atomic E-state index is 13.5. The van der Waals surface area contributed by atoms with Crippen molar-refractivity contribution in [1.82, 2.24) is 14.5 Å². The van der Waals surface area contributed by atoms with Crippen molar-refractivity contribution < 1.29 is 4.79 Å². The fourth-order valence-electron chi connectivity index (χ4n) is 5.23. The predicted molar refractivity (Wildman–Crippen MR) is 121 cm³/mol. The Hall–Kier alpha value is -1.49. The first-order valence-electron chi connectivity index (χ1n) is 11.7. The number of carbonyl (C=O) groups excluding carboxylic acids is 1. The van der Waals surface area contributed by atoms with Gasteiger partial charge < -0.3 is 9.47 Å². The van der Waals surface area contributed by atoms with Crippen molar-refractivity contribution in [3.8, 4) is 0 Å². The van der Waals surface area contributed by atoms with Gasteiger partial charge in [0.1, 0.15) is 0 Å². The van der Waals surface area contributed by atoms with E-state index in [0.717, 1.165) is 23.6 Å². The number of aryl methyl sites for hydroxylation is 1. The summed E-state index contributed by atoms with van der Waals surface area (Å²) in [6.45, 7) is 3.15. The van der Waals surface area contributed by atoms with Crippen LogP contribution in [0.1, 0.15) is 77.6 Å². The maximum Gasteiger partial charge on any atom is 0.233 e. The van der Waals surface area contributed by atoms with Gasteiger partial charge >= 0.3 is 0 Å². The van der Waals surface area contributed by atoms with Gasteiger partial charge in [0.2, 0.25) is 5.91 Å². The van der Waals surface area contributed by atoms with Crippen LogP contribution in [0.25, 0.3) is 11.0 Å². The quantitative estimate of drug-likeness (QED) is 0.520. The minimum Gasteiger partial charge on any atom is -0.336 e. The molecule has 0 aliphatic heterocycles. The topological polar surface area (TPSA) is 38.1 Å². The number of hydrogen-bond donors (Lipinski definition) is 0. The van der Waals surface area contributed by atoms with Gasteiger partial charge in [-0.15, -0.1) is 0 Å². The summed E-state index contributed by atoms with van der Waals surface area (Å²) in [5.41, 5.74) is 2.22. The molecule has 0 atom stereocenters. The molecule has 1 aromatic heterocycles. The molecule has 4 nitrogen and oxygen atoms in total. The van der Waals surface area contributed by atoms with E-state index in [4.69, 9.17) is 4.98 Å². The molecular weight excluding hydrogens is 378 g/mol. The highest BCUT2D eigenvalue weighted by atomic mass is 32.2. The van der Waals surface area contributed by atoms with E-state index in [2.05, 4.69) is 34.6 Å². The molecule has 158 valence electrons. The summed E-state index contributed by atoms with van der Waals surface area (Å²) in [5.74, 6) is 0.851. The summed E-state index contributed by atoms with van der Waals surface area (Å²) in [6, 6.07) is 9.26. The molecule has 1 heterocycles. The van der Waals surface area contributed by atoms with Crippen LogP contribution in [0.15, 0.2) is 29.4 Å². The van der Waals surface area contributed by atoms with Crippen molar-refractivity contribution in [3.63, 3.8) is 0 Å². The molecule has 2 saturated carbocycles. The van der Waals surface area contributed by atoms with Crippen molar-refractivity contribution in [2.24, 2.45) is 0 Å². The SMILES string of the molecule is CCCn1c(SCC(=O)N(C2CCCCC2)C2CCCCC2)nc2ccccc21. The van der Waals surface area contributed by atoms with Crippen LogP contribution in [0.5, 0.6) is 0 Å². The van der Waals surface area contributed by atoms with Crippen molar-refractivity contribution in [1.29, 1.82) is 0 Å². The zero-order valence-corrected chi connectivity index (χ0v) is 18.6. The largest absolute Gasteiger partial charge is 0.336 e. The van der Waals surface area contributed by atoms with Gasteiger partial charge in [-0.05, 0) is 44.2 Å². The Kier molecular flexibility index (Phi) is 7.17. The molecule has 4 rings (SSSR count). The molecule has 0 saturated heterocycles. The average molecular weight is 414 g/mol. The summed E-state index contributed by atoms with van der Waals surface area (Å²) >= 11 is 1.64. The number of benzene rings is 1. The monoisotopic (exact) mass is 413 g/mol. The summed E-state index contributed by atoms with van der Waals surface area (Å²) in [4.78, 5) is 20.6. The Bertz CT molecular complexity index is 788. The van der Waals surface area contributed by atoms with E-state index in [1.807, 2.05) is 6.07 Å². The maximum atomic E-state index is 13.5. The number of thioether (sulfide) groups is 1. The van der Waals surface area contributed by atoms with Crippen LogP contribution < -0.4 is 0 Å². The van der Waals surface area contributed by atoms with E-state index < -0.39 is 0 Å². The van der Waals surface area contributed by atoms with Crippen molar-refractivity contribution >= 4 is 28.7 Å². The highest BCUT2D eigenvalue weighted by molar-refractivity contribution is 7.99. The number of nitrogens with zero attached hydrogens (tertiary/aromatic N) is 3. The number of para-hydroxylation sites is 2. The lowest BCUT2D eigenvalue weighted by molar-refractivity contribution is -0.135. The predicted octanol–water partition coefficient (Wildman–Crippen LogP) is 6.03. The van der Waals surface area contributed by atoms with Gasteiger partial charge in [0.15, 0.2) is 5.16 Å². The van der Waals surface area contributed by atoms with Gasteiger partial charge in [-0.25, -0.2) is 4.98 Å².